The standard InChI is InChI=1S/C20H13BrCl2N2O/c21-13-6-8-19(26-11-12-5-7-14(22)10-16(12)23)15(9-13)20-24-17-3-1-2-4-18(17)25-20/h1-10H,11H2,(H,24,25). The summed E-state index contributed by atoms with van der Waals surface area (Å²) in [5.41, 5.74) is 3.64. The molecule has 3 nitrogen and oxygen atoms in total. The van der Waals surface area contributed by atoms with Gasteiger partial charge in [0, 0.05) is 20.1 Å². The van der Waals surface area contributed by atoms with Crippen LogP contribution in [-0.4, -0.2) is 9.97 Å². The molecule has 26 heavy (non-hydrogen) atoms. The summed E-state index contributed by atoms with van der Waals surface area (Å²) in [4.78, 5) is 8.01. The summed E-state index contributed by atoms with van der Waals surface area (Å²) in [6.07, 6.45) is 0. The zero-order valence-corrected chi connectivity index (χ0v) is 16.6. The second kappa shape index (κ2) is 7.31. The van der Waals surface area contributed by atoms with Crippen molar-refractivity contribution in [3.63, 3.8) is 0 Å². The Morgan fingerprint density at radius 2 is 1.85 bits per heavy atom. The molecular weight excluding hydrogens is 435 g/mol. The van der Waals surface area contributed by atoms with Crippen LogP contribution in [0.15, 0.2) is 65.1 Å². The number of aromatic amines is 1. The van der Waals surface area contributed by atoms with Crippen LogP contribution in [0, 0.1) is 0 Å². The van der Waals surface area contributed by atoms with Gasteiger partial charge in [0.05, 0.1) is 16.6 Å². The normalized spacial score (nSPS) is 11.0. The number of imidazole rings is 1. The molecule has 0 aliphatic rings. The Balaban J connectivity index is 1.68. The van der Waals surface area contributed by atoms with Crippen molar-refractivity contribution >= 4 is 50.2 Å². The van der Waals surface area contributed by atoms with E-state index in [0.717, 1.165) is 38.2 Å². The fourth-order valence-electron chi connectivity index (χ4n) is 2.69. The number of halogens is 3. The summed E-state index contributed by atoms with van der Waals surface area (Å²) in [5, 5.41) is 1.19. The minimum absolute atomic E-state index is 0.338. The lowest BCUT2D eigenvalue weighted by atomic mass is 10.2. The summed E-state index contributed by atoms with van der Waals surface area (Å²) >= 11 is 15.7. The first kappa shape index (κ1) is 17.4. The first-order chi connectivity index (χ1) is 12.6. The van der Waals surface area contributed by atoms with E-state index < -0.39 is 0 Å². The lowest BCUT2D eigenvalue weighted by molar-refractivity contribution is 0.307. The Morgan fingerprint density at radius 3 is 2.65 bits per heavy atom. The summed E-state index contributed by atoms with van der Waals surface area (Å²) in [6.45, 7) is 0.338. The van der Waals surface area contributed by atoms with Crippen molar-refractivity contribution in [3.8, 4) is 17.1 Å². The van der Waals surface area contributed by atoms with Crippen molar-refractivity contribution in [1.82, 2.24) is 9.97 Å². The van der Waals surface area contributed by atoms with Crippen molar-refractivity contribution in [2.24, 2.45) is 0 Å². The van der Waals surface area contributed by atoms with Crippen LogP contribution in [-0.2, 0) is 6.61 Å². The Labute approximate surface area is 169 Å². The molecule has 0 saturated heterocycles. The molecule has 0 atom stereocenters. The van der Waals surface area contributed by atoms with Crippen molar-refractivity contribution in [3.05, 3.63) is 80.7 Å². The van der Waals surface area contributed by atoms with E-state index in [-0.39, 0.29) is 0 Å². The number of H-pyrrole nitrogens is 1. The van der Waals surface area contributed by atoms with Crippen molar-refractivity contribution in [2.45, 2.75) is 6.61 Å². The number of para-hydroxylation sites is 2. The van der Waals surface area contributed by atoms with Crippen LogP contribution in [0.3, 0.4) is 0 Å². The van der Waals surface area contributed by atoms with E-state index >= 15 is 0 Å². The van der Waals surface area contributed by atoms with Gasteiger partial charge in [-0.05, 0) is 42.5 Å². The highest BCUT2D eigenvalue weighted by molar-refractivity contribution is 9.10. The van der Waals surface area contributed by atoms with Gasteiger partial charge in [-0.25, -0.2) is 4.98 Å². The predicted molar refractivity (Wildman–Crippen MR) is 110 cm³/mol. The predicted octanol–water partition coefficient (Wildman–Crippen LogP) is 6.88. The monoisotopic (exact) mass is 446 g/mol. The Kier molecular flexibility index (Phi) is 4.90. The van der Waals surface area contributed by atoms with Gasteiger partial charge in [-0.3, -0.25) is 0 Å². The maximum Gasteiger partial charge on any atom is 0.142 e. The average Bonchev–Trinajstić information content (AvgIpc) is 3.06. The minimum Gasteiger partial charge on any atom is -0.488 e. The molecule has 0 amide bonds. The van der Waals surface area contributed by atoms with Gasteiger partial charge in [0.2, 0.25) is 0 Å². The minimum atomic E-state index is 0.338. The van der Waals surface area contributed by atoms with Crippen LogP contribution >= 0.6 is 39.1 Å². The molecule has 4 rings (SSSR count). The number of hydrogen-bond donors (Lipinski definition) is 1. The van der Waals surface area contributed by atoms with E-state index in [1.165, 1.54) is 0 Å². The zero-order chi connectivity index (χ0) is 18.1. The lowest BCUT2D eigenvalue weighted by Crippen LogP contribution is -1.98. The van der Waals surface area contributed by atoms with E-state index in [4.69, 9.17) is 27.9 Å². The SMILES string of the molecule is Clc1ccc(COc2ccc(Br)cc2-c2nc3ccccc3[nH]2)c(Cl)c1. The molecule has 6 heteroatoms. The number of nitrogens with zero attached hydrogens (tertiary/aromatic N) is 1. The van der Waals surface area contributed by atoms with Gasteiger partial charge in [-0.15, -0.1) is 0 Å². The van der Waals surface area contributed by atoms with Gasteiger partial charge in [-0.1, -0.05) is 57.3 Å². The quantitative estimate of drug-likeness (QED) is 0.370. The van der Waals surface area contributed by atoms with Crippen LogP contribution in [0.1, 0.15) is 5.56 Å². The molecule has 1 aromatic heterocycles. The number of nitrogens with one attached hydrogen (secondary N) is 1. The van der Waals surface area contributed by atoms with Crippen LogP contribution in [0.5, 0.6) is 5.75 Å². The highest BCUT2D eigenvalue weighted by Gasteiger charge is 2.13. The largest absolute Gasteiger partial charge is 0.488 e. The smallest absolute Gasteiger partial charge is 0.142 e. The highest BCUT2D eigenvalue weighted by Crippen LogP contribution is 2.33. The fraction of sp³-hybridized carbons (Fsp3) is 0.0500. The molecule has 1 heterocycles. The number of rotatable bonds is 4. The molecule has 0 unspecified atom stereocenters. The van der Waals surface area contributed by atoms with Crippen LogP contribution in [0.4, 0.5) is 0 Å². The number of fused-ring (bicyclic) bond motifs is 1. The molecule has 3 aromatic carbocycles. The second-order valence-electron chi connectivity index (χ2n) is 5.77. The summed E-state index contributed by atoms with van der Waals surface area (Å²) < 4.78 is 6.99. The molecule has 0 aliphatic carbocycles. The van der Waals surface area contributed by atoms with Gasteiger partial charge >= 0.3 is 0 Å². The van der Waals surface area contributed by atoms with Crippen molar-refractivity contribution in [2.75, 3.05) is 0 Å². The van der Waals surface area contributed by atoms with E-state index in [1.807, 2.05) is 48.5 Å². The number of benzene rings is 3. The van der Waals surface area contributed by atoms with Gasteiger partial charge in [-0.2, -0.15) is 0 Å². The topological polar surface area (TPSA) is 37.9 Å². The van der Waals surface area contributed by atoms with Gasteiger partial charge < -0.3 is 9.72 Å². The van der Waals surface area contributed by atoms with Gasteiger partial charge in [0.1, 0.15) is 18.2 Å². The van der Waals surface area contributed by atoms with Gasteiger partial charge in [0.25, 0.3) is 0 Å². The first-order valence-electron chi connectivity index (χ1n) is 7.91. The third-order valence-electron chi connectivity index (χ3n) is 3.98. The molecule has 0 bridgehead atoms. The van der Waals surface area contributed by atoms with Crippen LogP contribution in [0.25, 0.3) is 22.4 Å². The van der Waals surface area contributed by atoms with E-state index in [1.54, 1.807) is 12.1 Å². The Hall–Kier alpha value is -2.01. The van der Waals surface area contributed by atoms with E-state index in [0.29, 0.717) is 16.7 Å². The zero-order valence-electron chi connectivity index (χ0n) is 13.5. The van der Waals surface area contributed by atoms with E-state index in [2.05, 4.69) is 25.9 Å². The number of aromatic nitrogens is 2. The molecule has 4 aromatic rings. The molecule has 0 saturated carbocycles. The number of ether oxygens (including phenoxy) is 1. The molecular formula is C20H13BrCl2N2O. The second-order valence-corrected chi connectivity index (χ2v) is 7.53. The maximum atomic E-state index is 6.24. The summed E-state index contributed by atoms with van der Waals surface area (Å²) in [6, 6.07) is 19.1. The summed E-state index contributed by atoms with van der Waals surface area (Å²) in [5.74, 6) is 1.47. The number of hydrogen-bond acceptors (Lipinski definition) is 2. The third-order valence-corrected chi connectivity index (χ3v) is 5.06. The maximum absolute atomic E-state index is 6.24. The van der Waals surface area contributed by atoms with Crippen LogP contribution in [0.2, 0.25) is 10.0 Å². The lowest BCUT2D eigenvalue weighted by Gasteiger charge is -2.12. The van der Waals surface area contributed by atoms with Crippen molar-refractivity contribution in [1.29, 1.82) is 0 Å². The highest BCUT2D eigenvalue weighted by atomic mass is 79.9. The molecule has 1 N–H and O–H groups in total. The first-order valence-corrected chi connectivity index (χ1v) is 9.46. The Morgan fingerprint density at radius 1 is 1.00 bits per heavy atom. The Bertz CT molecular complexity index is 1060. The van der Waals surface area contributed by atoms with Crippen molar-refractivity contribution < 1.29 is 4.74 Å². The van der Waals surface area contributed by atoms with E-state index in [9.17, 15) is 0 Å². The molecule has 0 fully saturated rings. The molecule has 0 aliphatic heterocycles. The van der Waals surface area contributed by atoms with Crippen LogP contribution < -0.4 is 4.74 Å². The molecule has 0 spiro atoms. The fourth-order valence-corrected chi connectivity index (χ4v) is 3.51. The molecule has 130 valence electrons. The third kappa shape index (κ3) is 3.58. The van der Waals surface area contributed by atoms with Gasteiger partial charge in [0.15, 0.2) is 0 Å². The average molecular weight is 448 g/mol. The summed E-state index contributed by atoms with van der Waals surface area (Å²) in [7, 11) is 0. The molecule has 0 radical (unpaired) electrons.